The van der Waals surface area contributed by atoms with Gasteiger partial charge >= 0.3 is 12.2 Å². The summed E-state index contributed by atoms with van der Waals surface area (Å²) < 4.78 is 11.4. The highest BCUT2D eigenvalue weighted by Crippen LogP contribution is 2.44. The topological polar surface area (TPSA) is 59.1 Å². The summed E-state index contributed by atoms with van der Waals surface area (Å²) in [7, 11) is 0. The maximum atomic E-state index is 13.0. The van der Waals surface area contributed by atoms with Gasteiger partial charge in [0.15, 0.2) is 0 Å². The van der Waals surface area contributed by atoms with Crippen LogP contribution in [0.4, 0.5) is 9.59 Å². The van der Waals surface area contributed by atoms with E-state index in [4.69, 9.17) is 9.47 Å². The van der Waals surface area contributed by atoms with E-state index in [1.807, 2.05) is 49.9 Å². The van der Waals surface area contributed by atoms with Gasteiger partial charge in [-0.2, -0.15) is 0 Å². The van der Waals surface area contributed by atoms with Crippen molar-refractivity contribution >= 4 is 12.2 Å². The fourth-order valence-electron chi connectivity index (χ4n) is 5.44. The molecule has 2 saturated heterocycles. The number of hydrogen-bond donors (Lipinski definition) is 0. The van der Waals surface area contributed by atoms with E-state index < -0.39 is 5.60 Å². The smallest absolute Gasteiger partial charge is 0.410 e. The Balaban J connectivity index is 1.25. The average Bonchev–Trinajstić information content (AvgIpc) is 3.43. The molecule has 2 aliphatic heterocycles. The van der Waals surface area contributed by atoms with Gasteiger partial charge in [0.1, 0.15) is 12.2 Å². The van der Waals surface area contributed by atoms with Crippen LogP contribution in [0.15, 0.2) is 48.5 Å². The predicted octanol–water partition coefficient (Wildman–Crippen LogP) is 5.02. The van der Waals surface area contributed by atoms with Gasteiger partial charge in [-0.1, -0.05) is 48.5 Å². The van der Waals surface area contributed by atoms with E-state index >= 15 is 0 Å². The lowest BCUT2D eigenvalue weighted by Crippen LogP contribution is -2.43. The molecule has 2 aromatic rings. The number of rotatable bonds is 2. The molecular formula is C26H30N2O4. The maximum Gasteiger partial charge on any atom is 0.410 e. The molecule has 1 aliphatic carbocycles. The molecule has 32 heavy (non-hydrogen) atoms. The van der Waals surface area contributed by atoms with E-state index in [2.05, 4.69) is 24.3 Å². The second kappa shape index (κ2) is 7.84. The first-order valence-electron chi connectivity index (χ1n) is 11.4. The Labute approximate surface area is 189 Å². The number of likely N-dealkylation sites (tertiary alicyclic amines) is 2. The van der Waals surface area contributed by atoms with Crippen LogP contribution in [0.3, 0.4) is 0 Å². The van der Waals surface area contributed by atoms with Gasteiger partial charge in [-0.3, -0.25) is 0 Å². The molecular weight excluding hydrogens is 404 g/mol. The molecule has 6 heteroatoms. The molecule has 3 aliphatic rings. The van der Waals surface area contributed by atoms with E-state index in [1.165, 1.54) is 22.3 Å². The number of benzene rings is 2. The molecule has 5 rings (SSSR count). The van der Waals surface area contributed by atoms with Crippen molar-refractivity contribution in [2.75, 3.05) is 19.7 Å². The van der Waals surface area contributed by atoms with Gasteiger partial charge in [0.05, 0.1) is 12.1 Å². The number of carbonyl (C=O) groups is 2. The number of hydrogen-bond acceptors (Lipinski definition) is 4. The highest BCUT2D eigenvalue weighted by Gasteiger charge is 2.48. The third-order valence-corrected chi connectivity index (χ3v) is 6.77. The van der Waals surface area contributed by atoms with Crippen molar-refractivity contribution in [1.82, 2.24) is 9.80 Å². The lowest BCUT2D eigenvalue weighted by atomic mass is 9.98. The van der Waals surface area contributed by atoms with Crippen molar-refractivity contribution in [3.8, 4) is 11.1 Å². The van der Waals surface area contributed by atoms with Crippen molar-refractivity contribution < 1.29 is 19.1 Å². The standard InChI is InChI=1S/C26H30N2O4/c1-26(2,3)32-25(30)28-15-13-22-23(28)12-14-27(22)24(29)31-16-21-19-10-6-4-8-17(19)18-9-5-7-11-20(18)21/h4-11,21-23H,12-16H2,1-3H3. The van der Waals surface area contributed by atoms with E-state index in [0.717, 1.165) is 12.8 Å². The number of ether oxygens (including phenoxy) is 2. The van der Waals surface area contributed by atoms with Gasteiger partial charge < -0.3 is 19.3 Å². The van der Waals surface area contributed by atoms with Gasteiger partial charge in [0.2, 0.25) is 0 Å². The van der Waals surface area contributed by atoms with Crippen LogP contribution < -0.4 is 0 Å². The quantitative estimate of drug-likeness (QED) is 0.666. The Bertz CT molecular complexity index is 999. The molecule has 2 fully saturated rings. The second-order valence-electron chi connectivity index (χ2n) is 9.88. The zero-order chi connectivity index (χ0) is 22.5. The molecule has 0 bridgehead atoms. The summed E-state index contributed by atoms with van der Waals surface area (Å²) in [4.78, 5) is 29.2. The van der Waals surface area contributed by atoms with Crippen LogP contribution in [-0.4, -0.2) is 59.4 Å². The highest BCUT2D eigenvalue weighted by atomic mass is 16.6. The minimum absolute atomic E-state index is 0.00170. The van der Waals surface area contributed by atoms with Crippen molar-refractivity contribution in [2.45, 2.75) is 57.2 Å². The molecule has 168 valence electrons. The van der Waals surface area contributed by atoms with Crippen LogP contribution >= 0.6 is 0 Å². The van der Waals surface area contributed by atoms with Crippen LogP contribution in [0.2, 0.25) is 0 Å². The summed E-state index contributed by atoms with van der Waals surface area (Å²) in [6.45, 7) is 7.14. The van der Waals surface area contributed by atoms with Crippen LogP contribution in [0.5, 0.6) is 0 Å². The molecule has 2 atom stereocenters. The van der Waals surface area contributed by atoms with Crippen LogP contribution in [0.25, 0.3) is 11.1 Å². The molecule has 0 saturated carbocycles. The number of amides is 2. The van der Waals surface area contributed by atoms with E-state index in [1.54, 1.807) is 4.90 Å². The molecule has 6 nitrogen and oxygen atoms in total. The Morgan fingerprint density at radius 1 is 0.844 bits per heavy atom. The van der Waals surface area contributed by atoms with E-state index in [-0.39, 0.29) is 30.2 Å². The first-order chi connectivity index (χ1) is 15.3. The lowest BCUT2D eigenvalue weighted by Gasteiger charge is -2.28. The fraction of sp³-hybridized carbons (Fsp3) is 0.462. The number of carbonyl (C=O) groups excluding carboxylic acids is 2. The van der Waals surface area contributed by atoms with Crippen molar-refractivity contribution in [3.63, 3.8) is 0 Å². The lowest BCUT2D eigenvalue weighted by molar-refractivity contribution is 0.0221. The van der Waals surface area contributed by atoms with Gasteiger partial charge in [-0.15, -0.1) is 0 Å². The fourth-order valence-corrected chi connectivity index (χ4v) is 5.44. The van der Waals surface area contributed by atoms with Gasteiger partial charge in [-0.25, -0.2) is 9.59 Å². The average molecular weight is 435 g/mol. The van der Waals surface area contributed by atoms with Crippen LogP contribution in [-0.2, 0) is 9.47 Å². The molecule has 2 heterocycles. The molecule has 2 unspecified atom stereocenters. The molecule has 0 N–H and O–H groups in total. The molecule has 2 aromatic carbocycles. The van der Waals surface area contributed by atoms with Gasteiger partial charge in [0.25, 0.3) is 0 Å². The minimum Gasteiger partial charge on any atom is -0.448 e. The van der Waals surface area contributed by atoms with E-state index in [0.29, 0.717) is 19.7 Å². The summed E-state index contributed by atoms with van der Waals surface area (Å²) in [5.41, 5.74) is 4.32. The molecule has 0 spiro atoms. The summed E-state index contributed by atoms with van der Waals surface area (Å²) in [6.07, 6.45) is 0.937. The molecule has 0 aromatic heterocycles. The van der Waals surface area contributed by atoms with Crippen molar-refractivity contribution in [1.29, 1.82) is 0 Å². The first kappa shape index (κ1) is 20.9. The third kappa shape index (κ3) is 3.61. The summed E-state index contributed by atoms with van der Waals surface area (Å²) >= 11 is 0. The number of fused-ring (bicyclic) bond motifs is 4. The number of nitrogens with zero attached hydrogens (tertiary/aromatic N) is 2. The van der Waals surface area contributed by atoms with E-state index in [9.17, 15) is 9.59 Å². The first-order valence-corrected chi connectivity index (χ1v) is 11.4. The van der Waals surface area contributed by atoms with Gasteiger partial charge in [-0.05, 0) is 55.9 Å². The van der Waals surface area contributed by atoms with Gasteiger partial charge in [0, 0.05) is 19.0 Å². The minimum atomic E-state index is -0.528. The summed E-state index contributed by atoms with van der Waals surface area (Å²) in [5.74, 6) is 0.0478. The molecule has 2 amide bonds. The zero-order valence-corrected chi connectivity index (χ0v) is 18.9. The normalized spacial score (nSPS) is 21.8. The Morgan fingerprint density at radius 2 is 1.34 bits per heavy atom. The summed E-state index contributed by atoms with van der Waals surface area (Å²) in [6, 6.07) is 16.7. The predicted molar refractivity (Wildman–Crippen MR) is 122 cm³/mol. The second-order valence-corrected chi connectivity index (χ2v) is 9.88. The van der Waals surface area contributed by atoms with Crippen molar-refractivity contribution in [3.05, 3.63) is 59.7 Å². The van der Waals surface area contributed by atoms with Crippen molar-refractivity contribution in [2.24, 2.45) is 0 Å². The zero-order valence-electron chi connectivity index (χ0n) is 18.9. The summed E-state index contributed by atoms with van der Waals surface area (Å²) in [5, 5.41) is 0. The molecule has 0 radical (unpaired) electrons. The Hall–Kier alpha value is -3.02. The maximum absolute atomic E-state index is 13.0. The Morgan fingerprint density at radius 3 is 1.88 bits per heavy atom. The Kier molecular flexibility index (Phi) is 5.11. The monoisotopic (exact) mass is 434 g/mol. The third-order valence-electron chi connectivity index (χ3n) is 6.77. The SMILES string of the molecule is CC(C)(C)OC(=O)N1CCC2C1CCN2C(=O)OCC1c2ccccc2-c2ccccc21. The highest BCUT2D eigenvalue weighted by molar-refractivity contribution is 5.79. The largest absolute Gasteiger partial charge is 0.448 e. The van der Waals surface area contributed by atoms with Crippen LogP contribution in [0.1, 0.15) is 50.7 Å². The van der Waals surface area contributed by atoms with Crippen LogP contribution in [0, 0.1) is 0 Å².